The fraction of sp³-hybridized carbons (Fsp3) is 0.833. The molecule has 0 aliphatic heterocycles. The Hall–Kier alpha value is 1.03. The molecule has 1 fully saturated rings. The van der Waals surface area contributed by atoms with E-state index in [1.54, 1.807) is 0 Å². The van der Waals surface area contributed by atoms with Crippen LogP contribution in [0.1, 0.15) is 25.7 Å². The summed E-state index contributed by atoms with van der Waals surface area (Å²) in [5.41, 5.74) is 0. The summed E-state index contributed by atoms with van der Waals surface area (Å²) in [4.78, 5) is 0. The van der Waals surface area contributed by atoms with Gasteiger partial charge in [-0.25, -0.2) is 0 Å². The fourth-order valence-electron chi connectivity index (χ4n) is 2.48. The van der Waals surface area contributed by atoms with E-state index in [-0.39, 0.29) is 0 Å². The van der Waals surface area contributed by atoms with Gasteiger partial charge in [0.1, 0.15) is 0 Å². The summed E-state index contributed by atoms with van der Waals surface area (Å²) in [6, 6.07) is 0. The Balaban J connectivity index is 2.86. The molecule has 1 aliphatic rings. The van der Waals surface area contributed by atoms with E-state index >= 15 is 0 Å². The molecule has 0 amide bonds. The van der Waals surface area contributed by atoms with Gasteiger partial charge < -0.3 is 0 Å². The molecule has 0 radical (unpaired) electrons. The summed E-state index contributed by atoms with van der Waals surface area (Å²) in [6.07, 6.45) is 5.19. The molecule has 5 heteroatoms. The Kier molecular flexibility index (Phi) is 6.61. The van der Waals surface area contributed by atoms with Gasteiger partial charge in [0.05, 0.1) is 0 Å². The van der Waals surface area contributed by atoms with Crippen LogP contribution in [0.5, 0.6) is 0 Å². The summed E-state index contributed by atoms with van der Waals surface area (Å²) in [5.74, 6) is 0.654. The van der Waals surface area contributed by atoms with Crippen molar-refractivity contribution in [3.63, 3.8) is 0 Å². The molecular weight excluding hydrogens is 360 g/mol. The zero-order valence-electron chi connectivity index (χ0n) is 11.0. The molecule has 1 rings (SSSR count). The van der Waals surface area contributed by atoms with E-state index < -0.39 is 21.6 Å². The number of halogens is 2. The summed E-state index contributed by atoms with van der Waals surface area (Å²) in [7, 11) is 12.5. The first-order valence-electron chi connectivity index (χ1n) is 6.01. The molecule has 0 unspecified atom stereocenters. The van der Waals surface area contributed by atoms with Crippen LogP contribution in [0.3, 0.4) is 0 Å². The number of methoxy groups -OCH3 is 1. The number of hydrogen-bond acceptors (Lipinski definition) is 1. The second-order valence-electron chi connectivity index (χ2n) is 5.65. The van der Waals surface area contributed by atoms with Gasteiger partial charge >= 0.3 is 120 Å². The van der Waals surface area contributed by atoms with Crippen LogP contribution in [0.2, 0.25) is 19.6 Å². The van der Waals surface area contributed by atoms with E-state index in [2.05, 4.69) is 23.9 Å². The normalized spacial score (nSPS) is 26.4. The fourth-order valence-corrected chi connectivity index (χ4v) is 8.96. The maximum atomic E-state index is 6.03. The van der Waals surface area contributed by atoms with Crippen LogP contribution in [0.4, 0.5) is 0 Å². The van der Waals surface area contributed by atoms with E-state index in [4.69, 9.17) is 24.1 Å². The standard InChI is InChI=1S/C12H22OSi.2ClH.Ru/c1-10(14(3,4)5)11-6-8-12(13-2)9-7-11;;;/h11-12H,6-9H2,2-5H3;2*1H;/q;;;+2/p-2. The first kappa shape index (κ1) is 16.1. The Bertz CT molecular complexity index is 320. The zero-order chi connectivity index (χ0) is 13.1. The number of hydrogen-bond donors (Lipinski definition) is 0. The first-order valence-corrected chi connectivity index (χ1v) is 14.9. The van der Waals surface area contributed by atoms with E-state index in [0.717, 1.165) is 12.8 Å². The van der Waals surface area contributed by atoms with Crippen LogP contribution in [0, 0.1) is 5.92 Å². The number of allylic oxidation sites excluding steroid dienone is 1. The van der Waals surface area contributed by atoms with Gasteiger partial charge in [-0.1, -0.05) is 0 Å². The predicted molar refractivity (Wildman–Crippen MR) is 76.3 cm³/mol. The van der Waals surface area contributed by atoms with Gasteiger partial charge in [-0.05, 0) is 0 Å². The monoisotopic (exact) mass is 382 g/mol. The second kappa shape index (κ2) is 6.99. The van der Waals surface area contributed by atoms with Crippen LogP contribution in [-0.2, 0) is 18.3 Å². The Morgan fingerprint density at radius 3 is 2.06 bits per heavy atom. The van der Waals surface area contributed by atoms with Crippen molar-refractivity contribution in [2.75, 3.05) is 7.11 Å². The Morgan fingerprint density at radius 2 is 1.71 bits per heavy atom. The Morgan fingerprint density at radius 1 is 1.18 bits per heavy atom. The molecule has 0 bridgehead atoms. The van der Waals surface area contributed by atoms with Crippen LogP contribution in [0.15, 0.2) is 5.20 Å². The summed E-state index contributed by atoms with van der Waals surface area (Å²) in [5, 5.41) is 1.48. The average molecular weight is 382 g/mol. The van der Waals surface area contributed by atoms with Crippen molar-refractivity contribution < 1.29 is 18.3 Å². The van der Waals surface area contributed by atoms with Crippen molar-refractivity contribution in [1.82, 2.24) is 0 Å². The van der Waals surface area contributed by atoms with Gasteiger partial charge in [-0.15, -0.1) is 0 Å². The van der Waals surface area contributed by atoms with Crippen LogP contribution in [-0.4, -0.2) is 25.6 Å². The molecule has 1 saturated carbocycles. The molecule has 0 heterocycles. The maximum absolute atomic E-state index is 6.03. The second-order valence-corrected chi connectivity index (χ2v) is 16.0. The molecule has 0 atom stereocenters. The zero-order valence-corrected chi connectivity index (χ0v) is 15.3. The van der Waals surface area contributed by atoms with Crippen molar-refractivity contribution in [3.05, 3.63) is 5.20 Å². The molecule has 102 valence electrons. The molecule has 0 aromatic rings. The molecule has 0 aromatic heterocycles. The molecule has 1 nitrogen and oxygen atoms in total. The summed E-state index contributed by atoms with van der Waals surface area (Å²) < 4.78 is 8.86. The van der Waals surface area contributed by atoms with Gasteiger partial charge in [0.15, 0.2) is 0 Å². The van der Waals surface area contributed by atoms with Crippen LogP contribution in [0.25, 0.3) is 0 Å². The van der Waals surface area contributed by atoms with Gasteiger partial charge in [-0.3, -0.25) is 0 Å². The van der Waals surface area contributed by atoms with Crippen molar-refractivity contribution in [3.8, 4) is 0 Å². The average Bonchev–Trinajstić information content (AvgIpc) is 2.24. The molecule has 1 aliphatic carbocycles. The summed E-state index contributed by atoms with van der Waals surface area (Å²) in [6.45, 7) is 7.09. The van der Waals surface area contributed by atoms with Crippen molar-refractivity contribution in [2.24, 2.45) is 5.92 Å². The minimum atomic E-state index is -1.80. The third-order valence-corrected chi connectivity index (χ3v) is 7.52. The van der Waals surface area contributed by atoms with Crippen molar-refractivity contribution in [1.29, 1.82) is 0 Å². The third-order valence-electron chi connectivity index (χ3n) is 3.39. The SMILES string of the molecule is COC1CCC(C(=[C]=[Ru]([Cl])[Cl])[Si](C)(C)C)CC1. The molecule has 0 aromatic carbocycles. The molecule has 0 saturated heterocycles. The topological polar surface area (TPSA) is 9.23 Å². The van der Waals surface area contributed by atoms with Crippen molar-refractivity contribution >= 4 is 31.7 Å². The first-order chi connectivity index (χ1) is 7.84. The van der Waals surface area contributed by atoms with Crippen LogP contribution < -0.4 is 0 Å². The van der Waals surface area contributed by atoms with E-state index in [1.807, 2.05) is 7.11 Å². The van der Waals surface area contributed by atoms with E-state index in [0.29, 0.717) is 12.0 Å². The third kappa shape index (κ3) is 5.27. The number of rotatable bonds is 3. The predicted octanol–water partition coefficient (Wildman–Crippen LogP) is 4.32. The van der Waals surface area contributed by atoms with Crippen LogP contribution >= 0.6 is 19.4 Å². The molecule has 17 heavy (non-hydrogen) atoms. The van der Waals surface area contributed by atoms with E-state index in [1.165, 1.54) is 18.0 Å². The van der Waals surface area contributed by atoms with Gasteiger partial charge in [0.2, 0.25) is 0 Å². The summed E-state index contributed by atoms with van der Waals surface area (Å²) >= 11 is -1.80. The van der Waals surface area contributed by atoms with E-state index in [9.17, 15) is 0 Å². The van der Waals surface area contributed by atoms with Crippen molar-refractivity contribution in [2.45, 2.75) is 51.4 Å². The van der Waals surface area contributed by atoms with Gasteiger partial charge in [0.25, 0.3) is 0 Å². The Labute approximate surface area is 119 Å². The van der Waals surface area contributed by atoms with Gasteiger partial charge in [-0.2, -0.15) is 0 Å². The molecular formula is C12H22Cl2ORuSi. The van der Waals surface area contributed by atoms with Gasteiger partial charge in [0, 0.05) is 0 Å². The molecule has 0 spiro atoms. The quantitative estimate of drug-likeness (QED) is 0.661. The minimum absolute atomic E-state index is 0.453. The molecule has 0 N–H and O–H groups in total. The number of ether oxygens (including phenoxy) is 1.